The summed E-state index contributed by atoms with van der Waals surface area (Å²) in [7, 11) is 1.47. The van der Waals surface area contributed by atoms with Gasteiger partial charge in [-0.15, -0.1) is 0 Å². The SMILES string of the molecule is COc1ccc(Cl)cc1NC(=O)/C=C/c1ccc([N+](=O)[O-])o1. The lowest BCUT2D eigenvalue weighted by Gasteiger charge is -2.08. The summed E-state index contributed by atoms with van der Waals surface area (Å²) >= 11 is 5.86. The van der Waals surface area contributed by atoms with Gasteiger partial charge in [0.2, 0.25) is 5.91 Å². The van der Waals surface area contributed by atoms with Crippen molar-refractivity contribution < 1.29 is 18.9 Å². The Bertz CT molecular complexity index is 739. The molecule has 0 fully saturated rings. The summed E-state index contributed by atoms with van der Waals surface area (Å²) in [5, 5.41) is 13.5. The number of ether oxygens (including phenoxy) is 1. The molecule has 1 amide bonds. The maximum Gasteiger partial charge on any atom is 0.433 e. The van der Waals surface area contributed by atoms with E-state index < -0.39 is 16.7 Å². The Morgan fingerprint density at radius 3 is 2.82 bits per heavy atom. The summed E-state index contributed by atoms with van der Waals surface area (Å²) in [4.78, 5) is 21.7. The first-order valence-corrected chi connectivity index (χ1v) is 6.44. The van der Waals surface area contributed by atoms with Crippen LogP contribution >= 0.6 is 11.6 Å². The summed E-state index contributed by atoms with van der Waals surface area (Å²) in [5.41, 5.74) is 0.412. The summed E-state index contributed by atoms with van der Waals surface area (Å²) in [6.45, 7) is 0. The maximum absolute atomic E-state index is 11.8. The highest BCUT2D eigenvalue weighted by Gasteiger charge is 2.10. The van der Waals surface area contributed by atoms with E-state index in [-0.39, 0.29) is 5.76 Å². The number of nitrogens with zero attached hydrogens (tertiary/aromatic N) is 1. The third-order valence-corrected chi connectivity index (χ3v) is 2.85. The Morgan fingerprint density at radius 1 is 1.41 bits per heavy atom. The van der Waals surface area contributed by atoms with Crippen molar-refractivity contribution in [2.24, 2.45) is 0 Å². The van der Waals surface area contributed by atoms with E-state index in [1.165, 1.54) is 31.4 Å². The molecule has 1 aromatic heterocycles. The Morgan fingerprint density at radius 2 is 2.18 bits per heavy atom. The lowest BCUT2D eigenvalue weighted by molar-refractivity contribution is -0.402. The number of carbonyl (C=O) groups is 1. The zero-order valence-corrected chi connectivity index (χ0v) is 12.2. The number of hydrogen-bond acceptors (Lipinski definition) is 5. The number of rotatable bonds is 5. The van der Waals surface area contributed by atoms with Crippen molar-refractivity contribution in [2.75, 3.05) is 12.4 Å². The van der Waals surface area contributed by atoms with Gasteiger partial charge in [-0.05, 0) is 30.3 Å². The van der Waals surface area contributed by atoms with Gasteiger partial charge in [0.1, 0.15) is 16.4 Å². The molecule has 1 heterocycles. The Balaban J connectivity index is 2.07. The average Bonchev–Trinajstić information content (AvgIpc) is 2.94. The predicted octanol–water partition coefficient (Wildman–Crippen LogP) is 3.50. The Hall–Kier alpha value is -2.80. The molecule has 0 aliphatic rings. The molecule has 2 rings (SSSR count). The molecular formula is C14H11ClN2O5. The van der Waals surface area contributed by atoms with Crippen molar-refractivity contribution >= 4 is 35.2 Å². The van der Waals surface area contributed by atoms with Crippen molar-refractivity contribution in [2.45, 2.75) is 0 Å². The zero-order chi connectivity index (χ0) is 16.1. The molecule has 0 spiro atoms. The second-order valence-electron chi connectivity index (χ2n) is 4.10. The van der Waals surface area contributed by atoms with Crippen molar-refractivity contribution in [3.05, 3.63) is 57.3 Å². The van der Waals surface area contributed by atoms with Crippen LogP contribution in [0.15, 0.2) is 40.8 Å². The molecule has 0 radical (unpaired) electrons. The van der Waals surface area contributed by atoms with Crippen molar-refractivity contribution in [1.82, 2.24) is 0 Å². The van der Waals surface area contributed by atoms with Gasteiger partial charge in [0.05, 0.1) is 18.9 Å². The van der Waals surface area contributed by atoms with Gasteiger partial charge in [-0.25, -0.2) is 0 Å². The number of furan rings is 1. The standard InChI is InChI=1S/C14H11ClN2O5/c1-21-12-5-2-9(15)8-11(12)16-13(18)6-3-10-4-7-14(22-10)17(19)20/h2-8H,1H3,(H,16,18)/b6-3+. The lowest BCUT2D eigenvalue weighted by Crippen LogP contribution is -2.08. The van der Waals surface area contributed by atoms with Gasteiger partial charge in [-0.3, -0.25) is 14.9 Å². The number of nitro groups is 1. The fraction of sp³-hybridized carbons (Fsp3) is 0.0714. The minimum atomic E-state index is -0.658. The van der Waals surface area contributed by atoms with Crippen LogP contribution in [-0.4, -0.2) is 17.9 Å². The van der Waals surface area contributed by atoms with Crippen LogP contribution in [-0.2, 0) is 4.79 Å². The van der Waals surface area contributed by atoms with Gasteiger partial charge in [-0.1, -0.05) is 11.6 Å². The Kier molecular flexibility index (Phi) is 4.80. The van der Waals surface area contributed by atoms with E-state index in [0.717, 1.165) is 0 Å². The maximum atomic E-state index is 11.8. The van der Waals surface area contributed by atoms with Crippen LogP contribution in [0.2, 0.25) is 5.02 Å². The summed E-state index contributed by atoms with van der Waals surface area (Å²) in [6, 6.07) is 7.40. The predicted molar refractivity (Wildman–Crippen MR) is 81.0 cm³/mol. The van der Waals surface area contributed by atoms with Crippen LogP contribution < -0.4 is 10.1 Å². The van der Waals surface area contributed by atoms with Gasteiger partial charge >= 0.3 is 5.88 Å². The van der Waals surface area contributed by atoms with E-state index in [2.05, 4.69) is 5.32 Å². The molecule has 0 unspecified atom stereocenters. The molecule has 22 heavy (non-hydrogen) atoms. The molecule has 2 aromatic rings. The fourth-order valence-corrected chi connectivity index (χ4v) is 1.81. The minimum Gasteiger partial charge on any atom is -0.495 e. The van der Waals surface area contributed by atoms with E-state index in [0.29, 0.717) is 16.5 Å². The topological polar surface area (TPSA) is 94.6 Å². The van der Waals surface area contributed by atoms with Crippen LogP contribution in [0.3, 0.4) is 0 Å². The first kappa shape index (κ1) is 15.6. The summed E-state index contributed by atoms with van der Waals surface area (Å²) in [5.74, 6) is -0.198. The Labute approximate surface area is 130 Å². The molecule has 0 atom stereocenters. The number of methoxy groups -OCH3 is 1. The first-order valence-electron chi connectivity index (χ1n) is 6.06. The zero-order valence-electron chi connectivity index (χ0n) is 11.4. The van der Waals surface area contributed by atoms with Crippen molar-refractivity contribution in [3.63, 3.8) is 0 Å². The third-order valence-electron chi connectivity index (χ3n) is 2.61. The van der Waals surface area contributed by atoms with Gasteiger partial charge in [0.25, 0.3) is 0 Å². The third kappa shape index (κ3) is 3.86. The summed E-state index contributed by atoms with van der Waals surface area (Å²) < 4.78 is 10.0. The van der Waals surface area contributed by atoms with Gasteiger partial charge in [0.15, 0.2) is 0 Å². The molecule has 0 aliphatic heterocycles. The van der Waals surface area contributed by atoms with Crippen LogP contribution in [0, 0.1) is 10.1 Å². The molecule has 114 valence electrons. The molecule has 0 aliphatic carbocycles. The molecule has 0 saturated carbocycles. The minimum absolute atomic E-state index is 0.194. The monoisotopic (exact) mass is 322 g/mol. The lowest BCUT2D eigenvalue weighted by atomic mass is 10.3. The number of hydrogen-bond donors (Lipinski definition) is 1. The molecule has 0 bridgehead atoms. The number of benzene rings is 1. The highest BCUT2D eigenvalue weighted by atomic mass is 35.5. The number of amides is 1. The van der Waals surface area contributed by atoms with E-state index in [1.807, 2.05) is 0 Å². The smallest absolute Gasteiger partial charge is 0.433 e. The molecule has 1 aromatic carbocycles. The van der Waals surface area contributed by atoms with E-state index >= 15 is 0 Å². The number of halogens is 1. The molecule has 7 nitrogen and oxygen atoms in total. The molecular weight excluding hydrogens is 312 g/mol. The summed E-state index contributed by atoms with van der Waals surface area (Å²) in [6.07, 6.45) is 2.50. The van der Waals surface area contributed by atoms with Gasteiger partial charge in [-0.2, -0.15) is 0 Å². The molecule has 0 saturated heterocycles. The van der Waals surface area contributed by atoms with E-state index in [4.69, 9.17) is 20.8 Å². The second kappa shape index (κ2) is 6.77. The number of anilines is 1. The van der Waals surface area contributed by atoms with E-state index in [1.54, 1.807) is 18.2 Å². The van der Waals surface area contributed by atoms with Crippen LogP contribution in [0.1, 0.15) is 5.76 Å². The molecule has 8 heteroatoms. The van der Waals surface area contributed by atoms with Crippen LogP contribution in [0.5, 0.6) is 5.75 Å². The number of nitrogens with one attached hydrogen (secondary N) is 1. The average molecular weight is 323 g/mol. The fourth-order valence-electron chi connectivity index (χ4n) is 1.64. The van der Waals surface area contributed by atoms with Crippen molar-refractivity contribution in [1.29, 1.82) is 0 Å². The highest BCUT2D eigenvalue weighted by Crippen LogP contribution is 2.27. The normalized spacial score (nSPS) is 10.6. The van der Waals surface area contributed by atoms with E-state index in [9.17, 15) is 14.9 Å². The first-order chi connectivity index (χ1) is 10.5. The quantitative estimate of drug-likeness (QED) is 0.516. The van der Waals surface area contributed by atoms with Crippen molar-refractivity contribution in [3.8, 4) is 5.75 Å². The highest BCUT2D eigenvalue weighted by molar-refractivity contribution is 6.31. The van der Waals surface area contributed by atoms with Crippen LogP contribution in [0.25, 0.3) is 6.08 Å². The second-order valence-corrected chi connectivity index (χ2v) is 4.54. The molecule has 1 N–H and O–H groups in total. The van der Waals surface area contributed by atoms with Crippen LogP contribution in [0.4, 0.5) is 11.6 Å². The van der Waals surface area contributed by atoms with Gasteiger partial charge < -0.3 is 14.5 Å². The largest absolute Gasteiger partial charge is 0.495 e. The van der Waals surface area contributed by atoms with Gasteiger partial charge in [0, 0.05) is 11.1 Å². The number of carbonyl (C=O) groups excluding carboxylic acids is 1.